The second kappa shape index (κ2) is 8.34. The zero-order chi connectivity index (χ0) is 19.2. The van der Waals surface area contributed by atoms with E-state index in [9.17, 15) is 0 Å². The van der Waals surface area contributed by atoms with Crippen LogP contribution >= 0.6 is 0 Å². The minimum Gasteiger partial charge on any atom is -0.355 e. The van der Waals surface area contributed by atoms with E-state index in [1.54, 1.807) is 13.2 Å². The summed E-state index contributed by atoms with van der Waals surface area (Å²) in [5.41, 5.74) is 3.44. The second-order valence-electron chi connectivity index (χ2n) is 6.12. The lowest BCUT2D eigenvalue weighted by molar-refractivity contribution is -0.000394. The van der Waals surface area contributed by atoms with E-state index in [1.807, 2.05) is 49.4 Å². The number of nitrogens with zero attached hydrogens (tertiary/aromatic N) is 3. The number of methoxy groups -OCH3 is 1. The fraction of sp³-hybridized carbons (Fsp3) is 0.273. The summed E-state index contributed by atoms with van der Waals surface area (Å²) in [5.74, 6) is 0. The third-order valence-corrected chi connectivity index (χ3v) is 4.64. The molecule has 0 spiro atoms. The topological polar surface area (TPSA) is 60.0 Å². The fourth-order valence-electron chi connectivity index (χ4n) is 3.10. The van der Waals surface area contributed by atoms with Crippen LogP contribution in [-0.2, 0) is 10.5 Å². The number of hydrogen-bond donors (Lipinski definition) is 0. The Morgan fingerprint density at radius 3 is 2.31 bits per heavy atom. The molecule has 0 N–H and O–H groups in total. The van der Waals surface area contributed by atoms with Crippen LogP contribution in [0, 0.1) is 29.6 Å². The van der Waals surface area contributed by atoms with Crippen LogP contribution in [0.25, 0.3) is 6.08 Å². The first-order valence-corrected chi connectivity index (χ1v) is 8.51. The van der Waals surface area contributed by atoms with Crippen molar-refractivity contribution in [1.82, 2.24) is 0 Å². The summed E-state index contributed by atoms with van der Waals surface area (Å²) in [4.78, 5) is 2.19. The lowest BCUT2D eigenvalue weighted by Crippen LogP contribution is -2.45. The Morgan fingerprint density at radius 1 is 1.15 bits per heavy atom. The largest absolute Gasteiger partial charge is 0.355 e. The SMILES string of the molecule is CCN(c1ccc(C=C(C#N)C#N)c(C)c1)C(C)(OC)c1ccccc1. The molecule has 0 aromatic heterocycles. The number of nitriles is 2. The molecule has 0 radical (unpaired) electrons. The van der Waals surface area contributed by atoms with Gasteiger partial charge in [0.1, 0.15) is 17.7 Å². The van der Waals surface area contributed by atoms with E-state index in [1.165, 1.54) is 0 Å². The smallest absolute Gasteiger partial charge is 0.164 e. The Labute approximate surface area is 155 Å². The molecule has 0 heterocycles. The van der Waals surface area contributed by atoms with Crippen LogP contribution in [0.1, 0.15) is 30.5 Å². The van der Waals surface area contributed by atoms with E-state index >= 15 is 0 Å². The molecule has 4 heteroatoms. The Balaban J connectivity index is 2.48. The lowest BCUT2D eigenvalue weighted by Gasteiger charge is -2.42. The van der Waals surface area contributed by atoms with Crippen molar-refractivity contribution in [3.8, 4) is 12.1 Å². The summed E-state index contributed by atoms with van der Waals surface area (Å²) in [7, 11) is 1.71. The number of rotatable bonds is 6. The van der Waals surface area contributed by atoms with Crippen LogP contribution in [0.3, 0.4) is 0 Å². The molecule has 0 fully saturated rings. The molecule has 0 saturated heterocycles. The van der Waals surface area contributed by atoms with Crippen molar-refractivity contribution in [2.75, 3.05) is 18.6 Å². The maximum absolute atomic E-state index is 8.96. The molecule has 2 aromatic rings. The number of anilines is 1. The van der Waals surface area contributed by atoms with Crippen LogP contribution in [0.5, 0.6) is 0 Å². The molecule has 1 unspecified atom stereocenters. The Bertz CT molecular complexity index is 858. The molecule has 26 heavy (non-hydrogen) atoms. The molecular formula is C22H23N3O. The van der Waals surface area contributed by atoms with Crippen LogP contribution in [0.2, 0.25) is 0 Å². The highest BCUT2D eigenvalue weighted by atomic mass is 16.5. The van der Waals surface area contributed by atoms with Gasteiger partial charge >= 0.3 is 0 Å². The van der Waals surface area contributed by atoms with Crippen molar-refractivity contribution >= 4 is 11.8 Å². The van der Waals surface area contributed by atoms with Gasteiger partial charge in [-0.05, 0) is 50.1 Å². The first-order chi connectivity index (χ1) is 12.5. The van der Waals surface area contributed by atoms with Gasteiger partial charge in [0.15, 0.2) is 5.72 Å². The van der Waals surface area contributed by atoms with Crippen molar-refractivity contribution in [1.29, 1.82) is 10.5 Å². The first kappa shape index (κ1) is 19.2. The van der Waals surface area contributed by atoms with Crippen molar-refractivity contribution in [2.24, 2.45) is 0 Å². The Kier molecular flexibility index (Phi) is 6.17. The minimum atomic E-state index is -0.607. The maximum atomic E-state index is 8.96. The van der Waals surface area contributed by atoms with Crippen molar-refractivity contribution in [2.45, 2.75) is 26.5 Å². The van der Waals surface area contributed by atoms with Gasteiger partial charge in [0.05, 0.1) is 0 Å². The summed E-state index contributed by atoms with van der Waals surface area (Å²) in [6, 6.07) is 19.9. The van der Waals surface area contributed by atoms with Crippen LogP contribution < -0.4 is 4.90 Å². The number of aryl methyl sites for hydroxylation is 1. The molecule has 132 valence electrons. The highest BCUT2D eigenvalue weighted by Gasteiger charge is 2.33. The second-order valence-corrected chi connectivity index (χ2v) is 6.12. The van der Waals surface area contributed by atoms with E-state index in [0.717, 1.165) is 28.9 Å². The molecule has 0 amide bonds. The zero-order valence-electron chi connectivity index (χ0n) is 15.7. The molecule has 1 atom stereocenters. The molecule has 2 aromatic carbocycles. The zero-order valence-corrected chi connectivity index (χ0v) is 15.7. The molecule has 0 aliphatic rings. The van der Waals surface area contributed by atoms with Gasteiger partial charge < -0.3 is 9.64 Å². The van der Waals surface area contributed by atoms with Gasteiger partial charge in [-0.2, -0.15) is 10.5 Å². The van der Waals surface area contributed by atoms with Gasteiger partial charge in [0.2, 0.25) is 0 Å². The molecular weight excluding hydrogens is 322 g/mol. The molecule has 0 bridgehead atoms. The summed E-state index contributed by atoms with van der Waals surface area (Å²) >= 11 is 0. The van der Waals surface area contributed by atoms with E-state index in [2.05, 4.69) is 36.9 Å². The number of hydrogen-bond acceptors (Lipinski definition) is 4. The van der Waals surface area contributed by atoms with Crippen LogP contribution in [0.15, 0.2) is 54.1 Å². The van der Waals surface area contributed by atoms with Gasteiger partial charge in [0.25, 0.3) is 0 Å². The molecule has 0 saturated carbocycles. The normalized spacial score (nSPS) is 12.4. The van der Waals surface area contributed by atoms with Gasteiger partial charge in [-0.15, -0.1) is 0 Å². The van der Waals surface area contributed by atoms with Crippen molar-refractivity contribution < 1.29 is 4.74 Å². The van der Waals surface area contributed by atoms with Gasteiger partial charge in [-0.1, -0.05) is 36.4 Å². The minimum absolute atomic E-state index is 0.0965. The van der Waals surface area contributed by atoms with E-state index in [-0.39, 0.29) is 5.57 Å². The summed E-state index contributed by atoms with van der Waals surface area (Å²) in [6.45, 7) is 6.88. The maximum Gasteiger partial charge on any atom is 0.164 e. The van der Waals surface area contributed by atoms with E-state index in [4.69, 9.17) is 15.3 Å². The predicted molar refractivity (Wildman–Crippen MR) is 104 cm³/mol. The molecule has 0 aliphatic heterocycles. The van der Waals surface area contributed by atoms with Crippen molar-refractivity contribution in [3.63, 3.8) is 0 Å². The summed E-state index contributed by atoms with van der Waals surface area (Å²) < 4.78 is 5.93. The van der Waals surface area contributed by atoms with Crippen LogP contribution in [0.4, 0.5) is 5.69 Å². The number of ether oxygens (including phenoxy) is 1. The lowest BCUT2D eigenvalue weighted by atomic mass is 9.99. The summed E-state index contributed by atoms with van der Waals surface area (Å²) in [5, 5.41) is 17.9. The standard InChI is InChI=1S/C22H23N3O/c1-5-25(22(3,26-4)20-9-7-6-8-10-20)21-12-11-19(17(2)13-21)14-18(15-23)16-24/h6-14H,5H2,1-4H3. The van der Waals surface area contributed by atoms with Gasteiger partial charge in [0, 0.05) is 24.9 Å². The predicted octanol–water partition coefficient (Wildman–Crippen LogP) is 4.77. The Hall–Kier alpha value is -3.08. The first-order valence-electron chi connectivity index (χ1n) is 8.51. The highest BCUT2D eigenvalue weighted by molar-refractivity contribution is 5.67. The number of benzene rings is 2. The average Bonchev–Trinajstić information content (AvgIpc) is 2.68. The quantitative estimate of drug-likeness (QED) is 0.559. The van der Waals surface area contributed by atoms with E-state index in [0.29, 0.717) is 0 Å². The third-order valence-electron chi connectivity index (χ3n) is 4.64. The molecule has 0 aliphatic carbocycles. The average molecular weight is 345 g/mol. The van der Waals surface area contributed by atoms with Crippen LogP contribution in [-0.4, -0.2) is 13.7 Å². The Morgan fingerprint density at radius 2 is 1.81 bits per heavy atom. The monoisotopic (exact) mass is 345 g/mol. The summed E-state index contributed by atoms with van der Waals surface area (Å²) in [6.07, 6.45) is 1.61. The third kappa shape index (κ3) is 3.77. The van der Waals surface area contributed by atoms with Gasteiger partial charge in [-0.25, -0.2) is 0 Å². The number of allylic oxidation sites excluding steroid dienone is 1. The molecule has 4 nitrogen and oxygen atoms in total. The van der Waals surface area contributed by atoms with Gasteiger partial charge in [-0.3, -0.25) is 0 Å². The van der Waals surface area contributed by atoms with Crippen molar-refractivity contribution in [3.05, 3.63) is 70.8 Å². The fourth-order valence-corrected chi connectivity index (χ4v) is 3.10. The van der Waals surface area contributed by atoms with E-state index < -0.39 is 5.72 Å². The molecule has 2 rings (SSSR count). The highest BCUT2D eigenvalue weighted by Crippen LogP contribution is 2.34.